The highest BCUT2D eigenvalue weighted by molar-refractivity contribution is 5.86. The van der Waals surface area contributed by atoms with Crippen molar-refractivity contribution in [2.75, 3.05) is 0 Å². The predicted molar refractivity (Wildman–Crippen MR) is 177 cm³/mol. The normalized spacial score (nSPS) is 12.9. The van der Waals surface area contributed by atoms with Gasteiger partial charge in [0.1, 0.15) is 0 Å². The van der Waals surface area contributed by atoms with Gasteiger partial charge in [0.25, 0.3) is 0 Å². The number of aromatic nitrogens is 3. The zero-order valence-corrected chi connectivity index (χ0v) is 24.5. The lowest BCUT2D eigenvalue weighted by atomic mass is 9.81. The molecule has 0 fully saturated rings. The molecule has 208 valence electrons. The van der Waals surface area contributed by atoms with Gasteiger partial charge in [-0.1, -0.05) is 111 Å². The fourth-order valence-corrected chi connectivity index (χ4v) is 6.55. The second kappa shape index (κ2) is 9.90. The highest BCUT2D eigenvalue weighted by Gasteiger charge is 2.35. The number of rotatable bonds is 4. The minimum atomic E-state index is -0.196. The van der Waals surface area contributed by atoms with Gasteiger partial charge in [0.05, 0.1) is 11.6 Å². The fourth-order valence-electron chi connectivity index (χ4n) is 6.55. The predicted octanol–water partition coefficient (Wildman–Crippen LogP) is 9.58. The molecule has 2 aromatic heterocycles. The SMILES string of the molecule is CC1(C)c2cc(C#N)ccc2-c2ccc(-c3cccc(-c4nc5c(-c6ccccc6)cc(-c6ccccc6)cn5n4)c3)cc21. The van der Waals surface area contributed by atoms with Crippen LogP contribution >= 0.6 is 0 Å². The third-order valence-corrected chi connectivity index (χ3v) is 8.88. The molecule has 0 N–H and O–H groups in total. The first-order chi connectivity index (χ1) is 21.5. The number of hydrogen-bond acceptors (Lipinski definition) is 3. The molecular formula is C40H28N4. The molecule has 0 unspecified atom stereocenters. The van der Waals surface area contributed by atoms with Crippen LogP contribution in [0.15, 0.2) is 134 Å². The quantitative estimate of drug-likeness (QED) is 0.214. The number of hydrogen-bond donors (Lipinski definition) is 0. The highest BCUT2D eigenvalue weighted by Crippen LogP contribution is 2.50. The first-order valence-corrected chi connectivity index (χ1v) is 14.8. The molecule has 0 atom stereocenters. The molecule has 2 heterocycles. The minimum Gasteiger partial charge on any atom is -0.219 e. The molecule has 0 saturated carbocycles. The van der Waals surface area contributed by atoms with Gasteiger partial charge in [0.15, 0.2) is 11.5 Å². The smallest absolute Gasteiger partial charge is 0.182 e. The third-order valence-electron chi connectivity index (χ3n) is 8.88. The minimum absolute atomic E-state index is 0.196. The summed E-state index contributed by atoms with van der Waals surface area (Å²) >= 11 is 0. The van der Waals surface area contributed by atoms with Gasteiger partial charge in [-0.3, -0.25) is 0 Å². The molecule has 0 spiro atoms. The van der Waals surface area contributed by atoms with Crippen molar-refractivity contribution in [1.82, 2.24) is 14.6 Å². The van der Waals surface area contributed by atoms with Gasteiger partial charge < -0.3 is 0 Å². The van der Waals surface area contributed by atoms with Gasteiger partial charge in [-0.15, -0.1) is 5.10 Å². The van der Waals surface area contributed by atoms with Gasteiger partial charge in [0.2, 0.25) is 0 Å². The molecule has 44 heavy (non-hydrogen) atoms. The second-order valence-electron chi connectivity index (χ2n) is 11.9. The van der Waals surface area contributed by atoms with Crippen LogP contribution < -0.4 is 0 Å². The Morgan fingerprint density at radius 3 is 1.95 bits per heavy atom. The van der Waals surface area contributed by atoms with Crippen molar-refractivity contribution in [3.63, 3.8) is 0 Å². The van der Waals surface area contributed by atoms with Crippen molar-refractivity contribution in [3.05, 3.63) is 150 Å². The Morgan fingerprint density at radius 2 is 1.20 bits per heavy atom. The van der Waals surface area contributed by atoms with Crippen LogP contribution in [0, 0.1) is 11.3 Å². The second-order valence-corrected chi connectivity index (χ2v) is 11.9. The lowest BCUT2D eigenvalue weighted by molar-refractivity contribution is 0.660. The summed E-state index contributed by atoms with van der Waals surface area (Å²) in [4.78, 5) is 5.08. The summed E-state index contributed by atoms with van der Waals surface area (Å²) in [6.45, 7) is 4.49. The van der Waals surface area contributed by atoms with Crippen molar-refractivity contribution in [2.24, 2.45) is 0 Å². The molecule has 1 aliphatic carbocycles. The number of benzene rings is 5. The molecule has 0 bridgehead atoms. The Balaban J connectivity index is 1.22. The van der Waals surface area contributed by atoms with Crippen LogP contribution in [-0.2, 0) is 5.41 Å². The largest absolute Gasteiger partial charge is 0.219 e. The summed E-state index contributed by atoms with van der Waals surface area (Å²) in [5, 5.41) is 14.5. The van der Waals surface area contributed by atoms with Crippen LogP contribution in [-0.4, -0.2) is 14.6 Å². The van der Waals surface area contributed by atoms with E-state index in [4.69, 9.17) is 10.1 Å². The first kappa shape index (κ1) is 25.9. The summed E-state index contributed by atoms with van der Waals surface area (Å²) in [5.41, 5.74) is 13.8. The van der Waals surface area contributed by atoms with E-state index >= 15 is 0 Å². The van der Waals surface area contributed by atoms with Crippen LogP contribution in [0.5, 0.6) is 0 Å². The number of nitrogens with zero attached hydrogens (tertiary/aromatic N) is 4. The summed E-state index contributed by atoms with van der Waals surface area (Å²) in [5.74, 6) is 0.687. The van der Waals surface area contributed by atoms with Crippen molar-refractivity contribution in [3.8, 4) is 62.0 Å². The van der Waals surface area contributed by atoms with Crippen molar-refractivity contribution in [2.45, 2.75) is 19.3 Å². The van der Waals surface area contributed by atoms with E-state index in [9.17, 15) is 5.26 Å². The third kappa shape index (κ3) is 4.13. The molecule has 0 saturated heterocycles. The van der Waals surface area contributed by atoms with E-state index in [2.05, 4.69) is 129 Å². The zero-order valence-electron chi connectivity index (χ0n) is 24.5. The maximum absolute atomic E-state index is 9.49. The highest BCUT2D eigenvalue weighted by atomic mass is 15.3. The number of pyridine rings is 1. The van der Waals surface area contributed by atoms with E-state index in [1.165, 1.54) is 22.3 Å². The van der Waals surface area contributed by atoms with Crippen molar-refractivity contribution in [1.29, 1.82) is 5.26 Å². The Kier molecular flexibility index (Phi) is 5.82. The summed E-state index contributed by atoms with van der Waals surface area (Å²) < 4.78 is 1.91. The molecular weight excluding hydrogens is 536 g/mol. The average Bonchev–Trinajstić information content (AvgIpc) is 3.61. The maximum atomic E-state index is 9.49. The van der Waals surface area contributed by atoms with E-state index < -0.39 is 0 Å². The average molecular weight is 565 g/mol. The number of fused-ring (bicyclic) bond motifs is 4. The van der Waals surface area contributed by atoms with Crippen LogP contribution in [0.1, 0.15) is 30.5 Å². The van der Waals surface area contributed by atoms with E-state index in [1.54, 1.807) is 0 Å². The number of nitriles is 1. The molecule has 0 amide bonds. The molecule has 0 aliphatic heterocycles. The molecule has 7 aromatic rings. The van der Waals surface area contributed by atoms with E-state index in [1.807, 2.05) is 28.8 Å². The standard InChI is InChI=1S/C40H28N4/c1-40(2)36-20-26(24-41)16-18-33(36)34-19-17-30(23-37(34)40)29-14-9-15-31(21-29)38-42-39-35(28-12-7-4-8-13-28)22-32(25-44(39)43-38)27-10-5-3-6-11-27/h3-23,25H,1-2H3. The van der Waals surface area contributed by atoms with Gasteiger partial charge in [-0.2, -0.15) is 5.26 Å². The van der Waals surface area contributed by atoms with Crippen molar-refractivity contribution >= 4 is 5.65 Å². The summed E-state index contributed by atoms with van der Waals surface area (Å²) in [6.07, 6.45) is 2.06. The van der Waals surface area contributed by atoms with Gasteiger partial charge in [0, 0.05) is 28.3 Å². The lowest BCUT2D eigenvalue weighted by Gasteiger charge is -2.22. The Hall–Kier alpha value is -5.79. The van der Waals surface area contributed by atoms with Gasteiger partial charge in [-0.25, -0.2) is 9.50 Å². The Morgan fingerprint density at radius 1 is 0.568 bits per heavy atom. The molecule has 1 aliphatic rings. The molecule has 5 aromatic carbocycles. The Bertz CT molecular complexity index is 2250. The topological polar surface area (TPSA) is 54.0 Å². The van der Waals surface area contributed by atoms with E-state index in [0.717, 1.165) is 44.6 Å². The molecule has 4 heteroatoms. The van der Waals surface area contributed by atoms with E-state index in [0.29, 0.717) is 11.4 Å². The van der Waals surface area contributed by atoms with Gasteiger partial charge >= 0.3 is 0 Å². The first-order valence-electron chi connectivity index (χ1n) is 14.8. The van der Waals surface area contributed by atoms with E-state index in [-0.39, 0.29) is 5.41 Å². The zero-order chi connectivity index (χ0) is 29.8. The van der Waals surface area contributed by atoms with Crippen molar-refractivity contribution < 1.29 is 0 Å². The van der Waals surface area contributed by atoms with Crippen LogP contribution in [0.2, 0.25) is 0 Å². The van der Waals surface area contributed by atoms with Crippen LogP contribution in [0.4, 0.5) is 0 Å². The molecule has 4 nitrogen and oxygen atoms in total. The maximum Gasteiger partial charge on any atom is 0.182 e. The lowest BCUT2D eigenvalue weighted by Crippen LogP contribution is -2.15. The monoisotopic (exact) mass is 564 g/mol. The molecule has 8 rings (SSSR count). The fraction of sp³-hybridized carbons (Fsp3) is 0.0750. The summed E-state index contributed by atoms with van der Waals surface area (Å²) in [6, 6.07) is 46.5. The van der Waals surface area contributed by atoms with Gasteiger partial charge in [-0.05, 0) is 74.8 Å². The van der Waals surface area contributed by atoms with Crippen LogP contribution in [0.25, 0.3) is 61.5 Å². The summed E-state index contributed by atoms with van der Waals surface area (Å²) in [7, 11) is 0. The Labute approximate surface area is 256 Å². The van der Waals surface area contributed by atoms with Crippen LogP contribution in [0.3, 0.4) is 0 Å². The molecule has 0 radical (unpaired) electrons.